The van der Waals surface area contributed by atoms with Gasteiger partial charge >= 0.3 is 0 Å². The van der Waals surface area contributed by atoms with Gasteiger partial charge in [-0.25, -0.2) is 8.42 Å². The number of carbonyl (C=O) groups is 2. The van der Waals surface area contributed by atoms with Gasteiger partial charge in [-0.15, -0.1) is 0 Å². The van der Waals surface area contributed by atoms with Crippen molar-refractivity contribution in [1.29, 1.82) is 0 Å². The molecular formula is C28H33N3O5S. The Morgan fingerprint density at radius 3 is 2.27 bits per heavy atom. The second kappa shape index (κ2) is 12.4. The largest absolute Gasteiger partial charge is 0.497 e. The highest BCUT2D eigenvalue weighted by Gasteiger charge is 2.32. The molecule has 196 valence electrons. The summed E-state index contributed by atoms with van der Waals surface area (Å²) in [4.78, 5) is 28.0. The molecule has 0 fully saturated rings. The minimum absolute atomic E-state index is 0.0690. The topological polar surface area (TPSA) is 96.0 Å². The first-order chi connectivity index (χ1) is 17.7. The van der Waals surface area contributed by atoms with E-state index in [1.165, 1.54) is 17.0 Å². The zero-order valence-corrected chi connectivity index (χ0v) is 22.4. The van der Waals surface area contributed by atoms with Crippen molar-refractivity contribution in [1.82, 2.24) is 10.2 Å². The van der Waals surface area contributed by atoms with E-state index in [0.717, 1.165) is 15.4 Å². The molecule has 0 bridgehead atoms. The molecule has 1 N–H and O–H groups in total. The number of aryl methyl sites for hydroxylation is 1. The lowest BCUT2D eigenvalue weighted by Crippen LogP contribution is -2.51. The maximum absolute atomic E-state index is 13.8. The molecule has 1 atom stereocenters. The number of rotatable bonds is 11. The van der Waals surface area contributed by atoms with Gasteiger partial charge in [-0.1, -0.05) is 48.0 Å². The molecule has 0 radical (unpaired) electrons. The van der Waals surface area contributed by atoms with Crippen molar-refractivity contribution < 1.29 is 22.7 Å². The van der Waals surface area contributed by atoms with Crippen molar-refractivity contribution in [2.45, 2.75) is 38.3 Å². The number of sulfonamides is 1. The van der Waals surface area contributed by atoms with Crippen LogP contribution >= 0.6 is 0 Å². The van der Waals surface area contributed by atoms with E-state index in [-0.39, 0.29) is 17.3 Å². The van der Waals surface area contributed by atoms with Crippen LogP contribution in [-0.2, 0) is 26.2 Å². The highest BCUT2D eigenvalue weighted by Crippen LogP contribution is 2.25. The smallest absolute Gasteiger partial charge is 0.264 e. The lowest BCUT2D eigenvalue weighted by molar-refractivity contribution is -0.139. The fourth-order valence-corrected chi connectivity index (χ4v) is 5.27. The Balaban J connectivity index is 2.01. The molecule has 8 nitrogen and oxygen atoms in total. The fourth-order valence-electron chi connectivity index (χ4n) is 3.83. The summed E-state index contributed by atoms with van der Waals surface area (Å²) in [6.45, 7) is 5.35. The first kappa shape index (κ1) is 27.7. The summed E-state index contributed by atoms with van der Waals surface area (Å²) in [6, 6.07) is 21.3. The first-order valence-electron chi connectivity index (χ1n) is 12.0. The van der Waals surface area contributed by atoms with Crippen molar-refractivity contribution in [3.63, 3.8) is 0 Å². The van der Waals surface area contributed by atoms with Gasteiger partial charge in [-0.2, -0.15) is 0 Å². The van der Waals surface area contributed by atoms with Gasteiger partial charge in [0.25, 0.3) is 10.0 Å². The monoisotopic (exact) mass is 523 g/mol. The number of methoxy groups -OCH3 is 1. The predicted molar refractivity (Wildman–Crippen MR) is 144 cm³/mol. The van der Waals surface area contributed by atoms with E-state index in [1.54, 1.807) is 81.6 Å². The lowest BCUT2D eigenvalue weighted by Gasteiger charge is -2.32. The lowest BCUT2D eigenvalue weighted by atomic mass is 10.1. The Morgan fingerprint density at radius 1 is 0.973 bits per heavy atom. The Labute approximate surface area is 218 Å². The quantitative estimate of drug-likeness (QED) is 0.413. The van der Waals surface area contributed by atoms with Gasteiger partial charge in [0.15, 0.2) is 0 Å². The summed E-state index contributed by atoms with van der Waals surface area (Å²) in [7, 11) is -2.52. The van der Waals surface area contributed by atoms with Crippen molar-refractivity contribution in [3.8, 4) is 5.75 Å². The van der Waals surface area contributed by atoms with E-state index in [2.05, 4.69) is 5.32 Å². The number of ether oxygens (including phenoxy) is 1. The van der Waals surface area contributed by atoms with Gasteiger partial charge < -0.3 is 15.0 Å². The molecule has 0 unspecified atom stereocenters. The maximum Gasteiger partial charge on any atom is 0.264 e. The first-order valence-corrected chi connectivity index (χ1v) is 13.5. The summed E-state index contributed by atoms with van der Waals surface area (Å²) in [5, 5.41) is 2.75. The fraction of sp³-hybridized carbons (Fsp3) is 0.286. The maximum atomic E-state index is 13.8. The van der Waals surface area contributed by atoms with Crippen LogP contribution in [0.3, 0.4) is 0 Å². The summed E-state index contributed by atoms with van der Waals surface area (Å²) < 4.78 is 33.8. The van der Waals surface area contributed by atoms with Crippen LogP contribution in [0.5, 0.6) is 5.75 Å². The van der Waals surface area contributed by atoms with Crippen LogP contribution < -0.4 is 14.4 Å². The minimum atomic E-state index is -4.07. The van der Waals surface area contributed by atoms with E-state index in [4.69, 9.17) is 4.74 Å². The summed E-state index contributed by atoms with van der Waals surface area (Å²) >= 11 is 0. The highest BCUT2D eigenvalue weighted by molar-refractivity contribution is 7.92. The molecule has 37 heavy (non-hydrogen) atoms. The minimum Gasteiger partial charge on any atom is -0.497 e. The number of carbonyl (C=O) groups excluding carboxylic acids is 2. The van der Waals surface area contributed by atoms with Crippen LogP contribution in [0.25, 0.3) is 0 Å². The zero-order chi connectivity index (χ0) is 27.0. The van der Waals surface area contributed by atoms with Crippen LogP contribution in [0.1, 0.15) is 25.0 Å². The number of nitrogens with zero attached hydrogens (tertiary/aromatic N) is 2. The molecular weight excluding hydrogens is 490 g/mol. The molecule has 3 aromatic rings. The van der Waals surface area contributed by atoms with E-state index >= 15 is 0 Å². The second-order valence-corrected chi connectivity index (χ2v) is 10.5. The summed E-state index contributed by atoms with van der Waals surface area (Å²) in [6.07, 6.45) is 0. The SMILES string of the molecule is CCNC(=O)[C@@H](C)N(Cc1cccc(OC)c1)C(=O)CN(c1ccc(C)cc1)S(=O)(=O)c1ccccc1. The summed E-state index contributed by atoms with van der Waals surface area (Å²) in [5.74, 6) is -0.225. The summed E-state index contributed by atoms with van der Waals surface area (Å²) in [5.41, 5.74) is 2.06. The number of amides is 2. The van der Waals surface area contributed by atoms with Crippen molar-refractivity contribution >= 4 is 27.5 Å². The van der Waals surface area contributed by atoms with Gasteiger partial charge in [0, 0.05) is 13.1 Å². The molecule has 3 aromatic carbocycles. The number of hydrogen-bond donors (Lipinski definition) is 1. The average Bonchev–Trinajstić information content (AvgIpc) is 2.91. The molecule has 0 heterocycles. The highest BCUT2D eigenvalue weighted by atomic mass is 32.2. The third kappa shape index (κ3) is 6.89. The molecule has 0 saturated carbocycles. The Hall–Kier alpha value is -3.85. The van der Waals surface area contributed by atoms with E-state index in [9.17, 15) is 18.0 Å². The van der Waals surface area contributed by atoms with Crippen LogP contribution in [0, 0.1) is 6.92 Å². The Bertz CT molecular complexity index is 1310. The van der Waals surface area contributed by atoms with Gasteiger partial charge in [-0.3, -0.25) is 13.9 Å². The molecule has 0 aliphatic carbocycles. The van der Waals surface area contributed by atoms with Crippen molar-refractivity contribution in [2.24, 2.45) is 0 Å². The van der Waals surface area contributed by atoms with Crippen LogP contribution in [0.4, 0.5) is 5.69 Å². The number of likely N-dealkylation sites (N-methyl/N-ethyl adjacent to an activating group) is 1. The van der Waals surface area contributed by atoms with Crippen molar-refractivity contribution in [3.05, 3.63) is 90.0 Å². The average molecular weight is 524 g/mol. The molecule has 0 aromatic heterocycles. The predicted octanol–water partition coefficient (Wildman–Crippen LogP) is 3.75. The van der Waals surface area contributed by atoms with Gasteiger partial charge in [0.05, 0.1) is 17.7 Å². The Morgan fingerprint density at radius 2 is 1.65 bits per heavy atom. The van der Waals surface area contributed by atoms with Crippen LogP contribution in [-0.4, -0.2) is 51.4 Å². The molecule has 0 spiro atoms. The molecule has 0 aliphatic heterocycles. The number of anilines is 1. The van der Waals surface area contributed by atoms with Crippen molar-refractivity contribution in [2.75, 3.05) is 24.5 Å². The van der Waals surface area contributed by atoms with Gasteiger partial charge in [0.2, 0.25) is 11.8 Å². The van der Waals surface area contributed by atoms with E-state index in [0.29, 0.717) is 18.0 Å². The molecule has 9 heteroatoms. The Kier molecular flexibility index (Phi) is 9.30. The normalized spacial score (nSPS) is 11.9. The number of benzene rings is 3. The zero-order valence-electron chi connectivity index (χ0n) is 21.5. The standard InChI is InChI=1S/C28H33N3O5S/c1-5-29-28(33)22(3)30(19-23-10-9-11-25(18-23)36-4)27(32)20-31(24-16-14-21(2)15-17-24)37(34,35)26-12-7-6-8-13-26/h6-18,22H,5,19-20H2,1-4H3,(H,29,33)/t22-/m1/s1. The van der Waals surface area contributed by atoms with E-state index in [1.807, 2.05) is 13.0 Å². The van der Waals surface area contributed by atoms with E-state index < -0.39 is 28.5 Å². The molecule has 2 amide bonds. The van der Waals surface area contributed by atoms with Gasteiger partial charge in [-0.05, 0) is 62.7 Å². The molecule has 3 rings (SSSR count). The number of nitrogens with one attached hydrogen (secondary N) is 1. The third-order valence-electron chi connectivity index (χ3n) is 5.94. The third-order valence-corrected chi connectivity index (χ3v) is 7.73. The van der Waals surface area contributed by atoms with Crippen LogP contribution in [0.15, 0.2) is 83.8 Å². The second-order valence-electron chi connectivity index (χ2n) is 8.60. The molecule has 0 aliphatic rings. The van der Waals surface area contributed by atoms with Gasteiger partial charge in [0.1, 0.15) is 18.3 Å². The van der Waals surface area contributed by atoms with Crippen LogP contribution in [0.2, 0.25) is 0 Å². The molecule has 0 saturated heterocycles. The number of hydrogen-bond acceptors (Lipinski definition) is 5.